The molecule has 0 rings (SSSR count). The van der Waals surface area contributed by atoms with Gasteiger partial charge in [-0.05, 0) is 19.8 Å². The van der Waals surface area contributed by atoms with E-state index in [1.807, 2.05) is 19.1 Å². The zero-order valence-electron chi connectivity index (χ0n) is 6.68. The smallest absolute Gasteiger partial charge is 0.0500 e. The molecule has 0 aromatic rings. The van der Waals surface area contributed by atoms with E-state index in [-0.39, 0.29) is 0 Å². The van der Waals surface area contributed by atoms with Crippen LogP contribution in [0.5, 0.6) is 0 Å². The Balaban J connectivity index is 2.83. The molecule has 0 bridgehead atoms. The maximum absolute atomic E-state index is 5.25. The third kappa shape index (κ3) is 7.44. The zero-order chi connectivity index (χ0) is 7.66. The van der Waals surface area contributed by atoms with Crippen molar-refractivity contribution in [3.05, 3.63) is 24.8 Å². The van der Waals surface area contributed by atoms with Gasteiger partial charge in [0.25, 0.3) is 0 Å². The van der Waals surface area contributed by atoms with Gasteiger partial charge in [0, 0.05) is 0 Å². The molecule has 1 nitrogen and oxygen atoms in total. The van der Waals surface area contributed by atoms with Crippen LogP contribution in [0.15, 0.2) is 24.8 Å². The molecule has 0 aromatic carbocycles. The highest BCUT2D eigenvalue weighted by Crippen LogP contribution is 1.87. The minimum atomic E-state index is 0.807. The van der Waals surface area contributed by atoms with Crippen molar-refractivity contribution in [1.29, 1.82) is 0 Å². The van der Waals surface area contributed by atoms with Crippen molar-refractivity contribution in [2.45, 2.75) is 19.8 Å². The summed E-state index contributed by atoms with van der Waals surface area (Å²) in [4.78, 5) is 0. The molecule has 0 spiro atoms. The summed E-state index contributed by atoms with van der Waals surface area (Å²) in [5.74, 6) is 0. The number of allylic oxidation sites excluding steroid dienone is 1. The zero-order valence-corrected chi connectivity index (χ0v) is 6.68. The van der Waals surface area contributed by atoms with Crippen molar-refractivity contribution in [1.82, 2.24) is 0 Å². The summed E-state index contributed by atoms with van der Waals surface area (Å²) in [5.41, 5.74) is 0. The summed E-state index contributed by atoms with van der Waals surface area (Å²) in [6.07, 6.45) is 7.99. The van der Waals surface area contributed by atoms with Crippen molar-refractivity contribution >= 4 is 0 Å². The lowest BCUT2D eigenvalue weighted by molar-refractivity contribution is 0.143. The quantitative estimate of drug-likeness (QED) is 0.407. The third-order valence-electron chi connectivity index (χ3n) is 1.13. The molecule has 0 aromatic heterocycles. The van der Waals surface area contributed by atoms with Gasteiger partial charge in [-0.15, -0.1) is 6.58 Å². The van der Waals surface area contributed by atoms with Gasteiger partial charge in [-0.2, -0.15) is 0 Å². The summed E-state index contributed by atoms with van der Waals surface area (Å²) < 4.78 is 5.25. The van der Waals surface area contributed by atoms with E-state index in [4.69, 9.17) is 4.74 Å². The lowest BCUT2D eigenvalue weighted by atomic mass is 10.4. The summed E-state index contributed by atoms with van der Waals surface area (Å²) in [6, 6.07) is 0. The van der Waals surface area contributed by atoms with Gasteiger partial charge >= 0.3 is 0 Å². The maximum Gasteiger partial charge on any atom is 0.0500 e. The average Bonchev–Trinajstić information content (AvgIpc) is 1.97. The van der Waals surface area contributed by atoms with Crippen LogP contribution in [-0.2, 0) is 4.74 Å². The number of hydrogen-bond donors (Lipinski definition) is 0. The molecule has 0 heterocycles. The highest BCUT2D eigenvalue weighted by Gasteiger charge is 1.81. The standard InChI is InChI=1S/C9H16O/c1-3-5-7-9-10-8-6-4-2/h3-5H,2,6-9H2,1H3. The molecule has 0 aliphatic heterocycles. The Kier molecular flexibility index (Phi) is 7.97. The molecule has 10 heavy (non-hydrogen) atoms. The first-order valence-electron chi connectivity index (χ1n) is 3.71. The van der Waals surface area contributed by atoms with E-state index in [1.54, 1.807) is 0 Å². The monoisotopic (exact) mass is 140 g/mol. The molecule has 0 radical (unpaired) electrons. The molecule has 0 atom stereocenters. The molecule has 0 unspecified atom stereocenters. The Labute approximate surface area is 63.4 Å². The van der Waals surface area contributed by atoms with E-state index in [9.17, 15) is 0 Å². The van der Waals surface area contributed by atoms with Crippen LogP contribution in [0, 0.1) is 0 Å². The van der Waals surface area contributed by atoms with Gasteiger partial charge < -0.3 is 4.74 Å². The lowest BCUT2D eigenvalue weighted by Gasteiger charge is -1.97. The minimum Gasteiger partial charge on any atom is -0.381 e. The van der Waals surface area contributed by atoms with Crippen molar-refractivity contribution in [3.8, 4) is 0 Å². The fourth-order valence-corrected chi connectivity index (χ4v) is 0.587. The molecular formula is C9H16O. The van der Waals surface area contributed by atoms with Gasteiger partial charge in [-0.1, -0.05) is 18.2 Å². The van der Waals surface area contributed by atoms with Crippen LogP contribution in [-0.4, -0.2) is 13.2 Å². The predicted molar refractivity (Wildman–Crippen MR) is 45.1 cm³/mol. The Morgan fingerprint density at radius 2 is 2.00 bits per heavy atom. The van der Waals surface area contributed by atoms with Crippen molar-refractivity contribution < 1.29 is 4.74 Å². The first-order chi connectivity index (χ1) is 4.91. The predicted octanol–water partition coefficient (Wildman–Crippen LogP) is 2.55. The van der Waals surface area contributed by atoms with Gasteiger partial charge in [-0.3, -0.25) is 0 Å². The summed E-state index contributed by atoms with van der Waals surface area (Å²) in [5, 5.41) is 0. The topological polar surface area (TPSA) is 9.23 Å². The molecule has 1 heteroatoms. The Bertz CT molecular complexity index is 94.9. The Hall–Kier alpha value is -0.560. The highest BCUT2D eigenvalue weighted by atomic mass is 16.5. The van der Waals surface area contributed by atoms with Gasteiger partial charge in [-0.25, -0.2) is 0 Å². The normalized spacial score (nSPS) is 10.5. The summed E-state index contributed by atoms with van der Waals surface area (Å²) >= 11 is 0. The number of ether oxygens (including phenoxy) is 1. The van der Waals surface area contributed by atoms with Gasteiger partial charge in [0.1, 0.15) is 0 Å². The molecule has 0 aliphatic rings. The second-order valence-electron chi connectivity index (χ2n) is 2.05. The van der Waals surface area contributed by atoms with Crippen LogP contribution in [0.2, 0.25) is 0 Å². The summed E-state index contributed by atoms with van der Waals surface area (Å²) in [7, 11) is 0. The first-order valence-corrected chi connectivity index (χ1v) is 3.71. The van der Waals surface area contributed by atoms with Crippen molar-refractivity contribution in [3.63, 3.8) is 0 Å². The first kappa shape index (κ1) is 9.44. The lowest BCUT2D eigenvalue weighted by Crippen LogP contribution is -1.93. The van der Waals surface area contributed by atoms with E-state index in [0.717, 1.165) is 26.1 Å². The molecule has 58 valence electrons. The molecule has 0 N–H and O–H groups in total. The second kappa shape index (κ2) is 8.44. The van der Waals surface area contributed by atoms with Crippen LogP contribution in [0.3, 0.4) is 0 Å². The van der Waals surface area contributed by atoms with Gasteiger partial charge in [0.15, 0.2) is 0 Å². The highest BCUT2D eigenvalue weighted by molar-refractivity contribution is 4.76. The number of hydrogen-bond acceptors (Lipinski definition) is 1. The second-order valence-corrected chi connectivity index (χ2v) is 2.05. The van der Waals surface area contributed by atoms with Crippen LogP contribution in [0.1, 0.15) is 19.8 Å². The van der Waals surface area contributed by atoms with Crippen molar-refractivity contribution in [2.75, 3.05) is 13.2 Å². The molecule has 0 aliphatic carbocycles. The van der Waals surface area contributed by atoms with E-state index in [0.29, 0.717) is 0 Å². The SMILES string of the molecule is C=CCCOCCC=CC. The minimum absolute atomic E-state index is 0.807. The van der Waals surface area contributed by atoms with Gasteiger partial charge in [0.2, 0.25) is 0 Å². The van der Waals surface area contributed by atoms with Crippen LogP contribution in [0.4, 0.5) is 0 Å². The molecule has 0 saturated heterocycles. The van der Waals surface area contributed by atoms with Gasteiger partial charge in [0.05, 0.1) is 13.2 Å². The Morgan fingerprint density at radius 3 is 2.60 bits per heavy atom. The fraction of sp³-hybridized carbons (Fsp3) is 0.556. The molecule has 0 amide bonds. The van der Waals surface area contributed by atoms with E-state index in [2.05, 4.69) is 12.7 Å². The number of rotatable bonds is 6. The molecule has 0 saturated carbocycles. The van der Waals surface area contributed by atoms with Crippen molar-refractivity contribution in [2.24, 2.45) is 0 Å². The van der Waals surface area contributed by atoms with Crippen LogP contribution in [0.25, 0.3) is 0 Å². The van der Waals surface area contributed by atoms with E-state index < -0.39 is 0 Å². The van der Waals surface area contributed by atoms with Crippen LogP contribution < -0.4 is 0 Å². The molecule has 0 fully saturated rings. The van der Waals surface area contributed by atoms with Crippen LogP contribution >= 0.6 is 0 Å². The maximum atomic E-state index is 5.25. The Morgan fingerprint density at radius 1 is 1.30 bits per heavy atom. The van der Waals surface area contributed by atoms with E-state index in [1.165, 1.54) is 0 Å². The third-order valence-corrected chi connectivity index (χ3v) is 1.13. The fourth-order valence-electron chi connectivity index (χ4n) is 0.587. The van der Waals surface area contributed by atoms with E-state index >= 15 is 0 Å². The largest absolute Gasteiger partial charge is 0.381 e. The summed E-state index contributed by atoms with van der Waals surface area (Å²) in [6.45, 7) is 7.26. The molecular weight excluding hydrogens is 124 g/mol. The average molecular weight is 140 g/mol.